The number of carbonyl (C=O) groups is 1. The molecular weight excluding hydrogens is 196 g/mol. The molecule has 0 saturated carbocycles. The molecule has 0 spiro atoms. The van der Waals surface area contributed by atoms with E-state index in [9.17, 15) is 4.79 Å². The van der Waals surface area contributed by atoms with Crippen molar-refractivity contribution in [3.8, 4) is 0 Å². The van der Waals surface area contributed by atoms with Crippen molar-refractivity contribution < 1.29 is 4.79 Å². The van der Waals surface area contributed by atoms with Crippen LogP contribution >= 0.6 is 11.6 Å². The summed E-state index contributed by atoms with van der Waals surface area (Å²) in [6.45, 7) is 1.55. The van der Waals surface area contributed by atoms with Crippen LogP contribution in [0.1, 0.15) is 18.9 Å². The smallest absolute Gasteiger partial charge is 0.152 e. The number of ketones is 1. The van der Waals surface area contributed by atoms with Crippen LogP contribution in [0.2, 0.25) is 5.02 Å². The van der Waals surface area contributed by atoms with Crippen molar-refractivity contribution in [2.45, 2.75) is 19.8 Å². The molecule has 0 aliphatic carbocycles. The van der Waals surface area contributed by atoms with Crippen molar-refractivity contribution in [3.05, 3.63) is 47.0 Å². The average molecular weight is 209 g/mol. The van der Waals surface area contributed by atoms with Crippen LogP contribution in [0.25, 0.3) is 0 Å². The first-order chi connectivity index (χ1) is 6.68. The topological polar surface area (TPSA) is 17.1 Å². The third-order valence-electron chi connectivity index (χ3n) is 1.87. The quantitative estimate of drug-likeness (QED) is 0.693. The number of halogens is 1. The van der Waals surface area contributed by atoms with E-state index < -0.39 is 0 Å². The maximum absolute atomic E-state index is 10.6. The molecule has 0 N–H and O–H groups in total. The Morgan fingerprint density at radius 3 is 2.57 bits per heavy atom. The molecule has 0 saturated heterocycles. The molecule has 0 aliphatic rings. The summed E-state index contributed by atoms with van der Waals surface area (Å²) in [5, 5.41) is 0.757. The standard InChI is InChI=1S/C12H13ClO/c1-10(14)4-2-3-5-11-6-8-12(13)9-7-11/h2,4,6-9H,3,5H2,1H3. The van der Waals surface area contributed by atoms with Crippen LogP contribution in [0, 0.1) is 0 Å². The number of benzene rings is 1. The van der Waals surface area contributed by atoms with Crippen LogP contribution in [-0.2, 0) is 11.2 Å². The van der Waals surface area contributed by atoms with E-state index >= 15 is 0 Å². The summed E-state index contributed by atoms with van der Waals surface area (Å²) in [4.78, 5) is 10.6. The fraction of sp³-hybridized carbons (Fsp3) is 0.250. The molecule has 1 rings (SSSR count). The van der Waals surface area contributed by atoms with Crippen LogP contribution in [0.15, 0.2) is 36.4 Å². The van der Waals surface area contributed by atoms with E-state index in [1.54, 1.807) is 13.0 Å². The zero-order chi connectivity index (χ0) is 10.4. The van der Waals surface area contributed by atoms with E-state index in [1.807, 2.05) is 30.3 Å². The van der Waals surface area contributed by atoms with Gasteiger partial charge in [-0.3, -0.25) is 4.79 Å². The summed E-state index contributed by atoms with van der Waals surface area (Å²) >= 11 is 5.76. The third kappa shape index (κ3) is 4.24. The Morgan fingerprint density at radius 1 is 1.36 bits per heavy atom. The lowest BCUT2D eigenvalue weighted by Gasteiger charge is -1.97. The Morgan fingerprint density at radius 2 is 2.00 bits per heavy atom. The summed E-state index contributed by atoms with van der Waals surface area (Å²) in [6, 6.07) is 7.77. The van der Waals surface area contributed by atoms with Gasteiger partial charge < -0.3 is 0 Å². The highest BCUT2D eigenvalue weighted by atomic mass is 35.5. The number of carbonyl (C=O) groups excluding carboxylic acids is 1. The van der Waals surface area contributed by atoms with E-state index in [2.05, 4.69) is 0 Å². The summed E-state index contributed by atoms with van der Waals surface area (Å²) < 4.78 is 0. The van der Waals surface area contributed by atoms with Gasteiger partial charge in [-0.15, -0.1) is 0 Å². The fourth-order valence-electron chi connectivity index (χ4n) is 1.15. The number of hydrogen-bond donors (Lipinski definition) is 0. The minimum atomic E-state index is 0.0982. The Bertz CT molecular complexity index is 325. The molecular formula is C12H13ClO. The Balaban J connectivity index is 2.39. The van der Waals surface area contributed by atoms with E-state index in [-0.39, 0.29) is 5.78 Å². The van der Waals surface area contributed by atoms with Crippen LogP contribution < -0.4 is 0 Å². The molecule has 0 bridgehead atoms. The SMILES string of the molecule is CC(=O)C=CCCc1ccc(Cl)cc1. The zero-order valence-corrected chi connectivity index (χ0v) is 8.92. The van der Waals surface area contributed by atoms with Crippen molar-refractivity contribution in [2.24, 2.45) is 0 Å². The number of hydrogen-bond acceptors (Lipinski definition) is 1. The van der Waals surface area contributed by atoms with Gasteiger partial charge in [-0.25, -0.2) is 0 Å². The second-order valence-electron chi connectivity index (χ2n) is 3.18. The predicted molar refractivity (Wildman–Crippen MR) is 59.6 cm³/mol. The van der Waals surface area contributed by atoms with Crippen LogP contribution in [-0.4, -0.2) is 5.78 Å². The molecule has 0 aromatic heterocycles. The van der Waals surface area contributed by atoms with E-state index in [0.717, 1.165) is 17.9 Å². The lowest BCUT2D eigenvalue weighted by atomic mass is 10.1. The zero-order valence-electron chi connectivity index (χ0n) is 8.16. The first kappa shape index (κ1) is 11.0. The third-order valence-corrected chi connectivity index (χ3v) is 2.12. The summed E-state index contributed by atoms with van der Waals surface area (Å²) in [5.74, 6) is 0.0982. The fourth-order valence-corrected chi connectivity index (χ4v) is 1.28. The second kappa shape index (κ2) is 5.61. The molecule has 1 aromatic carbocycles. The number of aryl methyl sites for hydroxylation is 1. The molecule has 0 amide bonds. The molecule has 0 radical (unpaired) electrons. The van der Waals surface area contributed by atoms with Crippen molar-refractivity contribution in [1.82, 2.24) is 0 Å². The van der Waals surface area contributed by atoms with Gasteiger partial charge >= 0.3 is 0 Å². The van der Waals surface area contributed by atoms with Crippen molar-refractivity contribution in [3.63, 3.8) is 0 Å². The van der Waals surface area contributed by atoms with Crippen LogP contribution in [0.5, 0.6) is 0 Å². The van der Waals surface area contributed by atoms with Crippen LogP contribution in [0.3, 0.4) is 0 Å². The molecule has 0 heterocycles. The molecule has 0 atom stereocenters. The molecule has 0 aliphatic heterocycles. The summed E-state index contributed by atoms with van der Waals surface area (Å²) in [6.07, 6.45) is 5.34. The maximum atomic E-state index is 10.6. The summed E-state index contributed by atoms with van der Waals surface area (Å²) in [5.41, 5.74) is 1.24. The van der Waals surface area contributed by atoms with E-state index in [4.69, 9.17) is 11.6 Å². The van der Waals surface area contributed by atoms with Gasteiger partial charge in [0, 0.05) is 5.02 Å². The average Bonchev–Trinajstić information content (AvgIpc) is 2.15. The minimum Gasteiger partial charge on any atom is -0.295 e. The van der Waals surface area contributed by atoms with Gasteiger partial charge in [0.15, 0.2) is 5.78 Å². The molecule has 74 valence electrons. The number of allylic oxidation sites excluding steroid dienone is 2. The van der Waals surface area contributed by atoms with E-state index in [1.165, 1.54) is 5.56 Å². The van der Waals surface area contributed by atoms with Crippen molar-refractivity contribution in [2.75, 3.05) is 0 Å². The lowest BCUT2D eigenvalue weighted by molar-refractivity contribution is -0.112. The second-order valence-corrected chi connectivity index (χ2v) is 3.61. The molecule has 14 heavy (non-hydrogen) atoms. The molecule has 0 fully saturated rings. The van der Waals surface area contributed by atoms with Gasteiger partial charge in [0.25, 0.3) is 0 Å². The molecule has 1 aromatic rings. The number of rotatable bonds is 4. The van der Waals surface area contributed by atoms with Gasteiger partial charge in [0.2, 0.25) is 0 Å². The molecule has 2 heteroatoms. The predicted octanol–water partition coefficient (Wildman–Crippen LogP) is 3.42. The van der Waals surface area contributed by atoms with Gasteiger partial charge in [0.1, 0.15) is 0 Å². The highest BCUT2D eigenvalue weighted by Crippen LogP contribution is 2.10. The monoisotopic (exact) mass is 208 g/mol. The van der Waals surface area contributed by atoms with Gasteiger partial charge in [0.05, 0.1) is 0 Å². The van der Waals surface area contributed by atoms with Gasteiger partial charge in [-0.05, 0) is 43.5 Å². The largest absolute Gasteiger partial charge is 0.295 e. The van der Waals surface area contributed by atoms with Gasteiger partial charge in [-0.2, -0.15) is 0 Å². The highest BCUT2D eigenvalue weighted by molar-refractivity contribution is 6.30. The molecule has 0 unspecified atom stereocenters. The van der Waals surface area contributed by atoms with Gasteiger partial charge in [-0.1, -0.05) is 29.8 Å². The first-order valence-corrected chi connectivity index (χ1v) is 4.98. The normalized spacial score (nSPS) is 10.7. The van der Waals surface area contributed by atoms with Crippen molar-refractivity contribution in [1.29, 1.82) is 0 Å². The minimum absolute atomic E-state index is 0.0982. The highest BCUT2D eigenvalue weighted by Gasteiger charge is 1.91. The Hall–Kier alpha value is -1.08. The van der Waals surface area contributed by atoms with E-state index in [0.29, 0.717) is 0 Å². The Kier molecular flexibility index (Phi) is 4.41. The first-order valence-electron chi connectivity index (χ1n) is 4.60. The summed E-state index contributed by atoms with van der Waals surface area (Å²) in [7, 11) is 0. The maximum Gasteiger partial charge on any atom is 0.152 e. The molecule has 1 nitrogen and oxygen atoms in total. The van der Waals surface area contributed by atoms with Crippen molar-refractivity contribution >= 4 is 17.4 Å². The van der Waals surface area contributed by atoms with Crippen LogP contribution in [0.4, 0.5) is 0 Å². The Labute approximate surface area is 89.4 Å². The lowest BCUT2D eigenvalue weighted by Crippen LogP contribution is -1.84.